The normalized spacial score (nSPS) is 21.2. The molecule has 0 spiro atoms. The minimum absolute atomic E-state index is 0.00689. The van der Waals surface area contributed by atoms with Gasteiger partial charge in [0.2, 0.25) is 0 Å². The predicted octanol–water partition coefficient (Wildman–Crippen LogP) is 2.42. The summed E-state index contributed by atoms with van der Waals surface area (Å²) in [7, 11) is -2.58. The van der Waals surface area contributed by atoms with E-state index >= 15 is 0 Å². The van der Waals surface area contributed by atoms with Crippen LogP contribution in [-0.2, 0) is 8.85 Å². The van der Waals surface area contributed by atoms with Crippen molar-refractivity contribution in [1.82, 2.24) is 0 Å². The SMILES string of the molecule is CC[SiH2]OC1CCC[Si](c2ccccc2)(c2ccccc2)O1. The van der Waals surface area contributed by atoms with Crippen LogP contribution in [0.5, 0.6) is 0 Å². The molecule has 1 atom stereocenters. The second kappa shape index (κ2) is 7.37. The molecule has 1 aliphatic heterocycles. The lowest BCUT2D eigenvalue weighted by Gasteiger charge is -2.40. The van der Waals surface area contributed by atoms with Crippen LogP contribution >= 0.6 is 0 Å². The minimum atomic E-state index is -2.15. The molecule has 0 aliphatic carbocycles. The lowest BCUT2D eigenvalue weighted by atomic mass is 10.3. The van der Waals surface area contributed by atoms with Gasteiger partial charge in [-0.15, -0.1) is 0 Å². The fourth-order valence-corrected chi connectivity index (χ4v) is 8.20. The highest BCUT2D eigenvalue weighted by Gasteiger charge is 2.44. The van der Waals surface area contributed by atoms with Crippen LogP contribution in [0.1, 0.15) is 19.8 Å². The molecule has 1 unspecified atom stereocenters. The average molecular weight is 329 g/mol. The van der Waals surface area contributed by atoms with Crippen LogP contribution < -0.4 is 10.4 Å². The number of rotatable bonds is 5. The first-order valence-electron chi connectivity index (χ1n) is 8.25. The predicted molar refractivity (Wildman–Crippen MR) is 96.9 cm³/mol. The Morgan fingerprint density at radius 1 is 1.05 bits per heavy atom. The molecule has 1 heterocycles. The van der Waals surface area contributed by atoms with E-state index < -0.39 is 18.1 Å². The van der Waals surface area contributed by atoms with Gasteiger partial charge in [0.15, 0.2) is 9.76 Å². The zero-order valence-electron chi connectivity index (χ0n) is 13.2. The van der Waals surface area contributed by atoms with Gasteiger partial charge in [-0.2, -0.15) is 0 Å². The highest BCUT2D eigenvalue weighted by molar-refractivity contribution is 6.97. The highest BCUT2D eigenvalue weighted by atomic mass is 28.4. The Balaban J connectivity index is 1.97. The van der Waals surface area contributed by atoms with Crippen molar-refractivity contribution >= 4 is 28.5 Å². The molecule has 0 aromatic heterocycles. The molecule has 2 nitrogen and oxygen atoms in total. The van der Waals surface area contributed by atoms with Crippen molar-refractivity contribution in [2.24, 2.45) is 0 Å². The van der Waals surface area contributed by atoms with Gasteiger partial charge in [-0.1, -0.05) is 67.6 Å². The lowest BCUT2D eigenvalue weighted by Crippen LogP contribution is -2.64. The molecular weight excluding hydrogens is 304 g/mol. The van der Waals surface area contributed by atoms with Crippen molar-refractivity contribution in [1.29, 1.82) is 0 Å². The fourth-order valence-electron chi connectivity index (χ4n) is 3.23. The summed E-state index contributed by atoms with van der Waals surface area (Å²) in [5, 5.41) is 2.74. The number of hydrogen-bond acceptors (Lipinski definition) is 2. The van der Waals surface area contributed by atoms with Gasteiger partial charge in [0.1, 0.15) is 6.29 Å². The van der Waals surface area contributed by atoms with Crippen LogP contribution in [0.2, 0.25) is 12.1 Å². The monoisotopic (exact) mass is 328 g/mol. The van der Waals surface area contributed by atoms with Crippen molar-refractivity contribution in [3.05, 3.63) is 60.7 Å². The van der Waals surface area contributed by atoms with E-state index in [1.807, 2.05) is 0 Å². The molecule has 1 fully saturated rings. The van der Waals surface area contributed by atoms with E-state index in [4.69, 9.17) is 8.85 Å². The Hall–Kier alpha value is -1.21. The molecule has 2 aromatic rings. The van der Waals surface area contributed by atoms with E-state index in [0.717, 1.165) is 12.5 Å². The topological polar surface area (TPSA) is 18.5 Å². The third-order valence-electron chi connectivity index (χ3n) is 4.29. The maximum absolute atomic E-state index is 6.70. The van der Waals surface area contributed by atoms with Crippen LogP contribution in [-0.4, -0.2) is 24.4 Å². The second-order valence-electron chi connectivity index (χ2n) is 5.87. The van der Waals surface area contributed by atoms with Crippen molar-refractivity contribution in [2.45, 2.75) is 38.1 Å². The Morgan fingerprint density at radius 2 is 1.64 bits per heavy atom. The third kappa shape index (κ3) is 3.25. The van der Waals surface area contributed by atoms with E-state index in [9.17, 15) is 0 Å². The first-order valence-corrected chi connectivity index (χ1v) is 11.9. The van der Waals surface area contributed by atoms with Crippen LogP contribution in [0, 0.1) is 0 Å². The molecule has 0 N–H and O–H groups in total. The summed E-state index contributed by atoms with van der Waals surface area (Å²) >= 11 is 0. The first-order chi connectivity index (χ1) is 10.8. The average Bonchev–Trinajstić information content (AvgIpc) is 2.61. The summed E-state index contributed by atoms with van der Waals surface area (Å²) in [6.07, 6.45) is 2.24. The molecule has 0 saturated carbocycles. The van der Waals surface area contributed by atoms with Gasteiger partial charge in [-0.3, -0.25) is 0 Å². The molecular formula is C18H24O2Si2. The molecule has 2 aromatic carbocycles. The molecule has 4 heteroatoms. The standard InChI is InChI=1S/C18H24O2Si2/c1-2-21-19-18-14-9-15-22(20-18,16-10-5-3-6-11-16)17-12-7-4-8-13-17/h3-8,10-13,18H,2,9,14-15,21H2,1H3. The van der Waals surface area contributed by atoms with Gasteiger partial charge in [-0.25, -0.2) is 0 Å². The maximum atomic E-state index is 6.70. The van der Waals surface area contributed by atoms with Gasteiger partial charge < -0.3 is 8.85 Å². The molecule has 116 valence electrons. The van der Waals surface area contributed by atoms with Crippen LogP contribution in [0.3, 0.4) is 0 Å². The molecule has 22 heavy (non-hydrogen) atoms. The van der Waals surface area contributed by atoms with E-state index in [-0.39, 0.29) is 6.29 Å². The van der Waals surface area contributed by atoms with Gasteiger partial charge in [0.25, 0.3) is 8.32 Å². The van der Waals surface area contributed by atoms with Crippen molar-refractivity contribution in [2.75, 3.05) is 0 Å². The van der Waals surface area contributed by atoms with Crippen molar-refractivity contribution in [3.8, 4) is 0 Å². The van der Waals surface area contributed by atoms with Gasteiger partial charge >= 0.3 is 0 Å². The summed E-state index contributed by atoms with van der Waals surface area (Å²) in [5.74, 6) is 0. The summed E-state index contributed by atoms with van der Waals surface area (Å²) in [6.45, 7) is 2.20. The number of benzene rings is 2. The van der Waals surface area contributed by atoms with E-state index in [1.165, 1.54) is 22.8 Å². The zero-order chi connectivity index (χ0) is 15.3. The summed E-state index contributed by atoms with van der Waals surface area (Å²) < 4.78 is 12.8. The van der Waals surface area contributed by atoms with E-state index in [2.05, 4.69) is 67.6 Å². The van der Waals surface area contributed by atoms with E-state index in [0.29, 0.717) is 0 Å². The highest BCUT2D eigenvalue weighted by Crippen LogP contribution is 2.26. The quantitative estimate of drug-likeness (QED) is 0.785. The molecule has 0 radical (unpaired) electrons. The van der Waals surface area contributed by atoms with Crippen LogP contribution in [0.4, 0.5) is 0 Å². The van der Waals surface area contributed by atoms with E-state index in [1.54, 1.807) is 0 Å². The first kappa shape index (κ1) is 15.7. The third-order valence-corrected chi connectivity index (χ3v) is 9.56. The summed E-state index contributed by atoms with van der Waals surface area (Å²) in [6, 6.07) is 23.9. The van der Waals surface area contributed by atoms with Gasteiger partial charge in [-0.05, 0) is 35.3 Å². The molecule has 1 aliphatic rings. The molecule has 1 saturated heterocycles. The minimum Gasteiger partial charge on any atom is -0.400 e. The number of hydrogen-bond donors (Lipinski definition) is 0. The Labute approximate surface area is 136 Å². The second-order valence-corrected chi connectivity index (χ2v) is 11.2. The van der Waals surface area contributed by atoms with Crippen molar-refractivity contribution in [3.63, 3.8) is 0 Å². The molecule has 3 rings (SSSR count). The Kier molecular flexibility index (Phi) is 5.25. The maximum Gasteiger partial charge on any atom is 0.259 e. The Bertz CT molecular complexity index is 535. The Morgan fingerprint density at radius 3 is 2.18 bits per heavy atom. The lowest BCUT2D eigenvalue weighted by molar-refractivity contribution is -0.0141. The molecule has 0 bridgehead atoms. The summed E-state index contributed by atoms with van der Waals surface area (Å²) in [4.78, 5) is 0. The largest absolute Gasteiger partial charge is 0.400 e. The van der Waals surface area contributed by atoms with Crippen molar-refractivity contribution < 1.29 is 8.85 Å². The van der Waals surface area contributed by atoms with Crippen LogP contribution in [0.15, 0.2) is 60.7 Å². The smallest absolute Gasteiger partial charge is 0.259 e. The molecule has 0 amide bonds. The summed E-state index contributed by atoms with van der Waals surface area (Å²) in [5.41, 5.74) is 0. The van der Waals surface area contributed by atoms with Gasteiger partial charge in [0.05, 0.1) is 0 Å². The fraction of sp³-hybridized carbons (Fsp3) is 0.333. The van der Waals surface area contributed by atoms with Crippen LogP contribution in [0.25, 0.3) is 0 Å². The van der Waals surface area contributed by atoms with Gasteiger partial charge in [0, 0.05) is 0 Å². The zero-order valence-corrected chi connectivity index (χ0v) is 15.6.